The quantitative estimate of drug-likeness (QED) is 0.464. The minimum Gasteiger partial charge on any atom is -0.463 e. The summed E-state index contributed by atoms with van der Waals surface area (Å²) in [6.45, 7) is 3.58. The molecule has 0 aromatic heterocycles. The first kappa shape index (κ1) is 17.2. The fourth-order valence-electron chi connectivity index (χ4n) is 2.77. The molecule has 1 aromatic rings. The van der Waals surface area contributed by atoms with Crippen molar-refractivity contribution in [2.24, 2.45) is 4.99 Å². The van der Waals surface area contributed by atoms with Crippen molar-refractivity contribution >= 4 is 34.5 Å². The normalized spacial score (nSPS) is 19.6. The summed E-state index contributed by atoms with van der Waals surface area (Å²) in [5.41, 5.74) is 1.34. The van der Waals surface area contributed by atoms with Crippen LogP contribution in [0.5, 0.6) is 0 Å². The summed E-state index contributed by atoms with van der Waals surface area (Å²) in [7, 11) is 0. The van der Waals surface area contributed by atoms with E-state index in [2.05, 4.69) is 4.99 Å². The lowest BCUT2D eigenvalue weighted by Gasteiger charge is -2.29. The lowest BCUT2D eigenvalue weighted by Crippen LogP contribution is -2.35. The van der Waals surface area contributed by atoms with Crippen LogP contribution in [0, 0.1) is 10.1 Å². The Morgan fingerprint density at radius 2 is 2.12 bits per heavy atom. The average molecular weight is 361 g/mol. The first-order valence-electron chi connectivity index (χ1n) is 7.59. The second-order valence-corrected chi connectivity index (χ2v) is 6.34. The maximum absolute atomic E-state index is 12.5. The van der Waals surface area contributed by atoms with Gasteiger partial charge in [0.15, 0.2) is 5.17 Å². The number of nitro benzene ring substituents is 1. The van der Waals surface area contributed by atoms with Crippen molar-refractivity contribution in [3.05, 3.63) is 51.2 Å². The van der Waals surface area contributed by atoms with Crippen LogP contribution in [-0.2, 0) is 14.3 Å². The van der Waals surface area contributed by atoms with Crippen molar-refractivity contribution < 1.29 is 19.2 Å². The molecule has 0 aliphatic carbocycles. The minimum absolute atomic E-state index is 0.0438. The van der Waals surface area contributed by atoms with E-state index in [-0.39, 0.29) is 29.5 Å². The van der Waals surface area contributed by atoms with Gasteiger partial charge < -0.3 is 4.74 Å². The molecule has 0 unspecified atom stereocenters. The maximum Gasteiger partial charge on any atom is 0.338 e. The number of ether oxygens (including phenoxy) is 1. The number of hydrogen-bond acceptors (Lipinski definition) is 7. The summed E-state index contributed by atoms with van der Waals surface area (Å²) in [6.07, 6.45) is 0. The van der Waals surface area contributed by atoms with Gasteiger partial charge in [0.1, 0.15) is 6.04 Å². The van der Waals surface area contributed by atoms with Gasteiger partial charge in [0.2, 0.25) is 5.91 Å². The van der Waals surface area contributed by atoms with Crippen molar-refractivity contribution in [3.8, 4) is 0 Å². The van der Waals surface area contributed by atoms with E-state index in [1.165, 1.54) is 28.8 Å². The second kappa shape index (κ2) is 6.67. The van der Waals surface area contributed by atoms with Crippen LogP contribution in [-0.4, -0.2) is 39.2 Å². The van der Waals surface area contributed by atoms with E-state index in [1.807, 2.05) is 0 Å². The lowest BCUT2D eigenvalue weighted by atomic mass is 9.96. The zero-order valence-corrected chi connectivity index (χ0v) is 14.4. The summed E-state index contributed by atoms with van der Waals surface area (Å²) < 4.78 is 5.13. The monoisotopic (exact) mass is 361 g/mol. The standard InChI is InChI=1S/C16H15N3O5S/c1-3-24-15(21)13-9(2)18-12(20)8-25-16(18)17-14(13)10-4-6-11(7-5-10)19(22)23/h4-7,14H,3,8H2,1-2H3/t14-/m1/s1. The number of esters is 1. The minimum atomic E-state index is -0.662. The number of allylic oxidation sites excluding steroid dienone is 1. The maximum atomic E-state index is 12.5. The molecule has 8 nitrogen and oxygen atoms in total. The molecule has 2 aliphatic rings. The Labute approximate surface area is 147 Å². The highest BCUT2D eigenvalue weighted by atomic mass is 32.2. The van der Waals surface area contributed by atoms with E-state index in [0.717, 1.165) is 0 Å². The molecule has 1 fully saturated rings. The van der Waals surface area contributed by atoms with Crippen molar-refractivity contribution in [2.75, 3.05) is 12.4 Å². The van der Waals surface area contributed by atoms with Gasteiger partial charge in [-0.1, -0.05) is 11.8 Å². The Kier molecular flexibility index (Phi) is 4.58. The number of non-ortho nitro benzene ring substituents is 1. The number of nitro groups is 1. The fraction of sp³-hybridized carbons (Fsp3) is 0.312. The molecule has 0 spiro atoms. The van der Waals surface area contributed by atoms with E-state index >= 15 is 0 Å². The Hall–Kier alpha value is -2.68. The van der Waals surface area contributed by atoms with Gasteiger partial charge in [-0.15, -0.1) is 0 Å². The van der Waals surface area contributed by atoms with Gasteiger partial charge in [-0.05, 0) is 31.5 Å². The molecule has 1 aromatic carbocycles. The second-order valence-electron chi connectivity index (χ2n) is 5.40. The van der Waals surface area contributed by atoms with Crippen molar-refractivity contribution in [3.63, 3.8) is 0 Å². The Morgan fingerprint density at radius 1 is 1.44 bits per heavy atom. The van der Waals surface area contributed by atoms with Crippen molar-refractivity contribution in [1.29, 1.82) is 0 Å². The molecular formula is C16H15N3O5S. The molecule has 9 heteroatoms. The lowest BCUT2D eigenvalue weighted by molar-refractivity contribution is -0.384. The van der Waals surface area contributed by atoms with Crippen molar-refractivity contribution in [2.45, 2.75) is 19.9 Å². The van der Waals surface area contributed by atoms with Gasteiger partial charge in [-0.3, -0.25) is 19.8 Å². The molecule has 0 saturated carbocycles. The summed E-state index contributed by atoms with van der Waals surface area (Å²) in [5, 5.41) is 11.4. The fourth-order valence-corrected chi connectivity index (χ4v) is 3.70. The zero-order chi connectivity index (χ0) is 18.1. The number of rotatable bonds is 4. The Morgan fingerprint density at radius 3 is 2.72 bits per heavy atom. The van der Waals surface area contributed by atoms with E-state index in [1.54, 1.807) is 26.0 Å². The molecule has 1 atom stereocenters. The van der Waals surface area contributed by atoms with E-state index in [0.29, 0.717) is 16.4 Å². The number of amidine groups is 1. The highest BCUT2D eigenvalue weighted by Gasteiger charge is 2.40. The third-order valence-electron chi connectivity index (χ3n) is 3.92. The number of fused-ring (bicyclic) bond motifs is 1. The summed E-state index contributed by atoms with van der Waals surface area (Å²) in [5.74, 6) is -0.416. The van der Waals surface area contributed by atoms with Crippen molar-refractivity contribution in [1.82, 2.24) is 4.90 Å². The molecule has 1 saturated heterocycles. The molecule has 1 amide bonds. The van der Waals surface area contributed by atoms with E-state index in [4.69, 9.17) is 4.74 Å². The van der Waals surface area contributed by atoms with Crippen LogP contribution in [0.4, 0.5) is 5.69 Å². The van der Waals surface area contributed by atoms with Crippen LogP contribution < -0.4 is 0 Å². The van der Waals surface area contributed by atoms with E-state index in [9.17, 15) is 19.7 Å². The number of carbonyl (C=O) groups is 2. The first-order chi connectivity index (χ1) is 11.9. The van der Waals surface area contributed by atoms with Crippen LogP contribution >= 0.6 is 11.8 Å². The number of thioether (sulfide) groups is 1. The average Bonchev–Trinajstić information content (AvgIpc) is 2.96. The van der Waals surface area contributed by atoms with Crippen LogP contribution in [0.1, 0.15) is 25.5 Å². The molecule has 130 valence electrons. The summed E-state index contributed by atoms with van der Waals surface area (Å²) in [6, 6.07) is 5.21. The van der Waals surface area contributed by atoms with Gasteiger partial charge in [0.25, 0.3) is 5.69 Å². The van der Waals surface area contributed by atoms with Crippen LogP contribution in [0.2, 0.25) is 0 Å². The topological polar surface area (TPSA) is 102 Å². The third kappa shape index (κ3) is 3.02. The molecule has 2 heterocycles. The molecule has 3 rings (SSSR count). The molecule has 25 heavy (non-hydrogen) atoms. The zero-order valence-electron chi connectivity index (χ0n) is 13.6. The molecular weight excluding hydrogens is 346 g/mol. The van der Waals surface area contributed by atoms with Crippen LogP contribution in [0.15, 0.2) is 40.5 Å². The Balaban J connectivity index is 2.07. The number of benzene rings is 1. The van der Waals surface area contributed by atoms with E-state index < -0.39 is 16.9 Å². The number of amides is 1. The summed E-state index contributed by atoms with van der Waals surface area (Å²) >= 11 is 1.30. The largest absolute Gasteiger partial charge is 0.463 e. The van der Waals surface area contributed by atoms with Crippen LogP contribution in [0.25, 0.3) is 0 Å². The molecule has 0 bridgehead atoms. The van der Waals surface area contributed by atoms with Crippen LogP contribution in [0.3, 0.4) is 0 Å². The SMILES string of the molecule is CCOC(=O)C1=C(C)N2C(=O)CSC2=N[C@@H]1c1ccc([N+](=O)[O-])cc1. The number of carbonyl (C=O) groups excluding carboxylic acids is 2. The van der Waals surface area contributed by atoms with Gasteiger partial charge in [-0.2, -0.15) is 0 Å². The number of hydrogen-bond donors (Lipinski definition) is 0. The highest BCUT2D eigenvalue weighted by Crippen LogP contribution is 2.39. The predicted molar refractivity (Wildman–Crippen MR) is 91.9 cm³/mol. The number of nitrogens with zero attached hydrogens (tertiary/aromatic N) is 3. The predicted octanol–water partition coefficient (Wildman–Crippen LogP) is 2.42. The van der Waals surface area contributed by atoms with Gasteiger partial charge in [-0.25, -0.2) is 9.79 Å². The third-order valence-corrected chi connectivity index (χ3v) is 4.86. The smallest absolute Gasteiger partial charge is 0.338 e. The molecule has 0 N–H and O–H groups in total. The van der Waals surface area contributed by atoms with Gasteiger partial charge in [0.05, 0.1) is 22.9 Å². The Bertz CT molecular complexity index is 816. The molecule has 0 radical (unpaired) electrons. The number of aliphatic imine (C=N–C) groups is 1. The molecule has 2 aliphatic heterocycles. The summed E-state index contributed by atoms with van der Waals surface area (Å²) in [4.78, 5) is 40.8. The first-order valence-corrected chi connectivity index (χ1v) is 8.58. The van der Waals surface area contributed by atoms with Gasteiger partial charge in [0, 0.05) is 17.8 Å². The highest BCUT2D eigenvalue weighted by molar-refractivity contribution is 8.15. The van der Waals surface area contributed by atoms with Gasteiger partial charge >= 0.3 is 5.97 Å².